The number of rotatable bonds is 3. The molecule has 20 heavy (non-hydrogen) atoms. The van der Waals surface area contributed by atoms with Crippen LogP contribution in [0.1, 0.15) is 21.5 Å². The third kappa shape index (κ3) is 3.27. The second-order valence-corrected chi connectivity index (χ2v) is 5.13. The largest absolute Gasteiger partial charge is 0.397 e. The van der Waals surface area contributed by atoms with E-state index in [2.05, 4.69) is 4.98 Å². The lowest BCUT2D eigenvalue weighted by Crippen LogP contribution is -2.27. The van der Waals surface area contributed by atoms with Gasteiger partial charge in [0.1, 0.15) is 5.15 Å². The molecule has 0 radical (unpaired) electrons. The summed E-state index contributed by atoms with van der Waals surface area (Å²) in [4.78, 5) is 17.8. The molecule has 0 saturated carbocycles. The fraction of sp³-hybridized carbons (Fsp3) is 0.200. The number of anilines is 1. The maximum Gasteiger partial charge on any atom is 0.256 e. The van der Waals surface area contributed by atoms with Crippen LogP contribution in [0.25, 0.3) is 0 Å². The third-order valence-electron chi connectivity index (χ3n) is 2.98. The van der Waals surface area contributed by atoms with Crippen molar-refractivity contribution in [1.82, 2.24) is 9.88 Å². The Bertz CT molecular complexity index is 643. The highest BCUT2D eigenvalue weighted by molar-refractivity contribution is 6.29. The van der Waals surface area contributed by atoms with Crippen LogP contribution in [0.5, 0.6) is 0 Å². The number of hydrogen-bond donors (Lipinski definition) is 1. The molecule has 0 fully saturated rings. The number of amides is 1. The summed E-state index contributed by atoms with van der Waals surface area (Å²) in [7, 11) is 1.73. The maximum atomic E-state index is 12.4. The molecule has 1 aromatic carbocycles. The van der Waals surface area contributed by atoms with E-state index in [9.17, 15) is 4.79 Å². The predicted molar refractivity (Wildman–Crippen MR) is 80.6 cm³/mol. The van der Waals surface area contributed by atoms with Gasteiger partial charge in [-0.05, 0) is 18.6 Å². The molecule has 0 unspecified atom stereocenters. The highest BCUT2D eigenvalue weighted by atomic mass is 35.5. The Morgan fingerprint density at radius 1 is 1.40 bits per heavy atom. The summed E-state index contributed by atoms with van der Waals surface area (Å²) in [6.07, 6.45) is 1.40. The van der Waals surface area contributed by atoms with E-state index in [0.29, 0.717) is 17.8 Å². The molecule has 0 aliphatic carbocycles. The molecule has 0 aliphatic heterocycles. The van der Waals surface area contributed by atoms with E-state index in [4.69, 9.17) is 17.3 Å². The molecule has 0 bridgehead atoms. The standard InChI is InChI=1S/C15H16ClN3O/c1-10-4-3-5-11(6-10)9-19(2)15(20)12-7-14(16)18-8-13(12)17/h3-8H,9,17H2,1-2H3. The molecule has 0 spiro atoms. The predicted octanol–water partition coefficient (Wildman–Crippen LogP) is 2.90. The van der Waals surface area contributed by atoms with Gasteiger partial charge < -0.3 is 10.6 Å². The Kier molecular flexibility index (Phi) is 4.25. The van der Waals surface area contributed by atoms with Crippen LogP contribution in [0.3, 0.4) is 0 Å². The minimum Gasteiger partial charge on any atom is -0.397 e. The maximum absolute atomic E-state index is 12.4. The van der Waals surface area contributed by atoms with Gasteiger partial charge in [-0.1, -0.05) is 41.4 Å². The highest BCUT2D eigenvalue weighted by Gasteiger charge is 2.16. The van der Waals surface area contributed by atoms with E-state index >= 15 is 0 Å². The van der Waals surface area contributed by atoms with Gasteiger partial charge in [0.05, 0.1) is 17.4 Å². The average molecular weight is 290 g/mol. The number of benzene rings is 1. The molecule has 0 aliphatic rings. The minimum absolute atomic E-state index is 0.173. The molecule has 1 amide bonds. The molecule has 0 atom stereocenters. The smallest absolute Gasteiger partial charge is 0.256 e. The second kappa shape index (κ2) is 5.92. The van der Waals surface area contributed by atoms with E-state index < -0.39 is 0 Å². The van der Waals surface area contributed by atoms with E-state index in [1.54, 1.807) is 11.9 Å². The number of aromatic nitrogens is 1. The van der Waals surface area contributed by atoms with Crippen LogP contribution < -0.4 is 5.73 Å². The first-order valence-electron chi connectivity index (χ1n) is 6.19. The molecular formula is C15H16ClN3O. The molecule has 2 N–H and O–H groups in total. The summed E-state index contributed by atoms with van der Waals surface area (Å²) in [5.41, 5.74) is 8.71. The molecule has 1 aromatic heterocycles. The van der Waals surface area contributed by atoms with Crippen molar-refractivity contribution < 1.29 is 4.79 Å². The molecule has 104 valence electrons. The average Bonchev–Trinajstić information content (AvgIpc) is 2.40. The first kappa shape index (κ1) is 14.3. The van der Waals surface area contributed by atoms with Gasteiger partial charge in [-0.15, -0.1) is 0 Å². The normalized spacial score (nSPS) is 10.3. The fourth-order valence-electron chi connectivity index (χ4n) is 1.99. The Morgan fingerprint density at radius 3 is 2.85 bits per heavy atom. The Balaban J connectivity index is 2.18. The molecule has 2 rings (SSSR count). The van der Waals surface area contributed by atoms with Crippen LogP contribution in [-0.4, -0.2) is 22.8 Å². The molecule has 4 nitrogen and oxygen atoms in total. The number of aryl methyl sites for hydroxylation is 1. The van der Waals surface area contributed by atoms with Gasteiger partial charge in [0, 0.05) is 13.6 Å². The summed E-state index contributed by atoms with van der Waals surface area (Å²) >= 11 is 5.81. The zero-order valence-corrected chi connectivity index (χ0v) is 12.2. The monoisotopic (exact) mass is 289 g/mol. The van der Waals surface area contributed by atoms with Crippen LogP contribution in [0, 0.1) is 6.92 Å². The number of halogens is 1. The number of carbonyl (C=O) groups excluding carboxylic acids is 1. The van der Waals surface area contributed by atoms with Crippen molar-refractivity contribution in [2.45, 2.75) is 13.5 Å². The molecule has 0 saturated heterocycles. The summed E-state index contributed by atoms with van der Waals surface area (Å²) < 4.78 is 0. The van der Waals surface area contributed by atoms with Crippen molar-refractivity contribution in [3.63, 3.8) is 0 Å². The minimum atomic E-state index is -0.173. The summed E-state index contributed by atoms with van der Waals surface area (Å²) in [6, 6.07) is 9.52. The van der Waals surface area contributed by atoms with Crippen molar-refractivity contribution in [2.75, 3.05) is 12.8 Å². The number of hydrogen-bond acceptors (Lipinski definition) is 3. The third-order valence-corrected chi connectivity index (χ3v) is 3.19. The fourth-order valence-corrected chi connectivity index (χ4v) is 2.15. The number of pyridine rings is 1. The topological polar surface area (TPSA) is 59.2 Å². The number of nitrogens with two attached hydrogens (primary N) is 1. The van der Waals surface area contributed by atoms with Crippen molar-refractivity contribution in [3.05, 3.63) is 58.4 Å². The van der Waals surface area contributed by atoms with Gasteiger partial charge in [0.25, 0.3) is 5.91 Å². The van der Waals surface area contributed by atoms with Gasteiger partial charge in [-0.25, -0.2) is 4.98 Å². The molecular weight excluding hydrogens is 274 g/mol. The zero-order chi connectivity index (χ0) is 14.7. The van der Waals surface area contributed by atoms with Crippen molar-refractivity contribution >= 4 is 23.2 Å². The van der Waals surface area contributed by atoms with Crippen LogP contribution >= 0.6 is 11.6 Å². The lowest BCUT2D eigenvalue weighted by molar-refractivity contribution is 0.0786. The summed E-state index contributed by atoms with van der Waals surface area (Å²) in [5, 5.41) is 0.256. The molecule has 2 aromatic rings. The first-order valence-corrected chi connectivity index (χ1v) is 6.57. The van der Waals surface area contributed by atoms with Gasteiger partial charge in [0.2, 0.25) is 0 Å². The van der Waals surface area contributed by atoms with Crippen molar-refractivity contribution in [3.8, 4) is 0 Å². The Labute approximate surface area is 123 Å². The van der Waals surface area contributed by atoms with E-state index in [1.807, 2.05) is 31.2 Å². The van der Waals surface area contributed by atoms with Gasteiger partial charge in [0.15, 0.2) is 0 Å². The summed E-state index contributed by atoms with van der Waals surface area (Å²) in [5.74, 6) is -0.173. The Hall–Kier alpha value is -2.07. The number of carbonyl (C=O) groups is 1. The van der Waals surface area contributed by atoms with Gasteiger partial charge in [-0.3, -0.25) is 4.79 Å². The number of nitrogen functional groups attached to an aromatic ring is 1. The van der Waals surface area contributed by atoms with Crippen molar-refractivity contribution in [2.24, 2.45) is 0 Å². The van der Waals surface area contributed by atoms with E-state index in [0.717, 1.165) is 11.1 Å². The van der Waals surface area contributed by atoms with E-state index in [-0.39, 0.29) is 11.1 Å². The van der Waals surface area contributed by atoms with Crippen LogP contribution in [-0.2, 0) is 6.54 Å². The van der Waals surface area contributed by atoms with Crippen molar-refractivity contribution in [1.29, 1.82) is 0 Å². The van der Waals surface area contributed by atoms with E-state index in [1.165, 1.54) is 12.3 Å². The second-order valence-electron chi connectivity index (χ2n) is 4.74. The lowest BCUT2D eigenvalue weighted by atomic mass is 10.1. The van der Waals surface area contributed by atoms with Gasteiger partial charge in [-0.2, -0.15) is 0 Å². The molecule has 5 heteroatoms. The quantitative estimate of drug-likeness (QED) is 0.884. The van der Waals surface area contributed by atoms with Crippen LogP contribution in [0.15, 0.2) is 36.5 Å². The number of nitrogens with zero attached hydrogens (tertiary/aromatic N) is 2. The first-order chi connectivity index (χ1) is 9.47. The highest BCUT2D eigenvalue weighted by Crippen LogP contribution is 2.18. The lowest BCUT2D eigenvalue weighted by Gasteiger charge is -2.18. The van der Waals surface area contributed by atoms with Gasteiger partial charge >= 0.3 is 0 Å². The SMILES string of the molecule is Cc1cccc(CN(C)C(=O)c2cc(Cl)ncc2N)c1. The molecule has 1 heterocycles. The Morgan fingerprint density at radius 2 is 2.15 bits per heavy atom. The zero-order valence-electron chi connectivity index (χ0n) is 11.4. The van der Waals surface area contributed by atoms with Crippen LogP contribution in [0.2, 0.25) is 5.15 Å². The van der Waals surface area contributed by atoms with Crippen LogP contribution in [0.4, 0.5) is 5.69 Å². The summed E-state index contributed by atoms with van der Waals surface area (Å²) in [6.45, 7) is 2.53.